The molecule has 0 saturated carbocycles. The standard InChI is InChI=1S/C13H12BrNO3/c1-3-18-13(17)11-6-9(7-15)4-5-10(11)12(16)8(2)14/h4-6,8H,3H2,1-2H3. The van der Waals surface area contributed by atoms with Gasteiger partial charge in [-0.15, -0.1) is 0 Å². The zero-order chi connectivity index (χ0) is 13.7. The van der Waals surface area contributed by atoms with E-state index in [0.717, 1.165) is 0 Å². The van der Waals surface area contributed by atoms with Crippen LogP contribution in [0.3, 0.4) is 0 Å². The summed E-state index contributed by atoms with van der Waals surface area (Å²) < 4.78 is 4.88. The largest absolute Gasteiger partial charge is 0.462 e. The molecule has 4 nitrogen and oxygen atoms in total. The first-order valence-corrected chi connectivity index (χ1v) is 6.32. The minimum atomic E-state index is -0.592. The third kappa shape index (κ3) is 3.17. The zero-order valence-corrected chi connectivity index (χ0v) is 11.7. The van der Waals surface area contributed by atoms with Crippen LogP contribution in [0.1, 0.15) is 40.1 Å². The fourth-order valence-corrected chi connectivity index (χ4v) is 1.67. The number of nitriles is 1. The van der Waals surface area contributed by atoms with Gasteiger partial charge in [0.1, 0.15) is 0 Å². The summed E-state index contributed by atoms with van der Waals surface area (Å²) in [6.07, 6.45) is 0. The molecule has 1 atom stereocenters. The van der Waals surface area contributed by atoms with Crippen LogP contribution in [-0.4, -0.2) is 23.2 Å². The highest BCUT2D eigenvalue weighted by atomic mass is 79.9. The molecule has 1 aromatic rings. The Balaban J connectivity index is 3.30. The molecule has 5 heteroatoms. The van der Waals surface area contributed by atoms with Gasteiger partial charge in [-0.2, -0.15) is 5.26 Å². The second kappa shape index (κ2) is 6.31. The average Bonchev–Trinajstić information content (AvgIpc) is 2.37. The van der Waals surface area contributed by atoms with Crippen LogP contribution in [-0.2, 0) is 4.74 Å². The first kappa shape index (κ1) is 14.4. The van der Waals surface area contributed by atoms with Gasteiger partial charge in [-0.25, -0.2) is 4.79 Å². The molecule has 0 aliphatic rings. The van der Waals surface area contributed by atoms with Crippen LogP contribution in [0.5, 0.6) is 0 Å². The molecule has 0 aliphatic carbocycles. The van der Waals surface area contributed by atoms with Crippen molar-refractivity contribution >= 4 is 27.7 Å². The number of carbonyl (C=O) groups is 2. The predicted octanol–water partition coefficient (Wildman–Crippen LogP) is 2.70. The van der Waals surface area contributed by atoms with Crippen LogP contribution >= 0.6 is 15.9 Å². The molecule has 0 amide bonds. The molecule has 0 saturated heterocycles. The van der Waals surface area contributed by atoms with E-state index in [2.05, 4.69) is 15.9 Å². The van der Waals surface area contributed by atoms with Crippen molar-refractivity contribution in [2.75, 3.05) is 6.61 Å². The first-order valence-electron chi connectivity index (χ1n) is 5.40. The van der Waals surface area contributed by atoms with E-state index < -0.39 is 10.8 Å². The summed E-state index contributed by atoms with van der Waals surface area (Å²) in [5.41, 5.74) is 0.709. The molecule has 0 bridgehead atoms. The number of Topliss-reactive ketones (excluding diaryl/α,β-unsaturated/α-hetero) is 1. The minimum Gasteiger partial charge on any atom is -0.462 e. The molecule has 0 spiro atoms. The maximum absolute atomic E-state index is 11.9. The summed E-state index contributed by atoms with van der Waals surface area (Å²) in [5.74, 6) is -0.811. The van der Waals surface area contributed by atoms with Gasteiger partial charge < -0.3 is 4.74 Å². The Morgan fingerprint density at radius 1 is 1.44 bits per heavy atom. The van der Waals surface area contributed by atoms with Gasteiger partial charge in [-0.05, 0) is 32.0 Å². The number of esters is 1. The van der Waals surface area contributed by atoms with Gasteiger partial charge in [-0.1, -0.05) is 15.9 Å². The van der Waals surface area contributed by atoms with Crippen molar-refractivity contribution < 1.29 is 14.3 Å². The summed E-state index contributed by atoms with van der Waals surface area (Å²) in [5, 5.41) is 8.82. The van der Waals surface area contributed by atoms with Crippen LogP contribution in [0, 0.1) is 11.3 Å². The summed E-state index contributed by atoms with van der Waals surface area (Å²) in [4.78, 5) is 23.3. The summed E-state index contributed by atoms with van der Waals surface area (Å²) in [6, 6.07) is 6.29. The number of alkyl halides is 1. The third-order valence-corrected chi connectivity index (χ3v) is 2.69. The Morgan fingerprint density at radius 2 is 2.11 bits per heavy atom. The number of halogens is 1. The van der Waals surface area contributed by atoms with Crippen molar-refractivity contribution in [1.29, 1.82) is 5.26 Å². The summed E-state index contributed by atoms with van der Waals surface area (Å²) in [6.45, 7) is 3.57. The monoisotopic (exact) mass is 309 g/mol. The highest BCUT2D eigenvalue weighted by molar-refractivity contribution is 9.10. The molecule has 0 fully saturated rings. The van der Waals surface area contributed by atoms with Crippen molar-refractivity contribution in [3.63, 3.8) is 0 Å². The number of hydrogen-bond acceptors (Lipinski definition) is 4. The Bertz CT molecular complexity index is 517. The third-order valence-electron chi connectivity index (χ3n) is 2.27. The topological polar surface area (TPSA) is 67.2 Å². The average molecular weight is 310 g/mol. The van der Waals surface area contributed by atoms with Gasteiger partial charge in [0.25, 0.3) is 0 Å². The Hall–Kier alpha value is -1.67. The van der Waals surface area contributed by atoms with Crippen molar-refractivity contribution in [3.8, 4) is 6.07 Å². The number of benzene rings is 1. The SMILES string of the molecule is CCOC(=O)c1cc(C#N)ccc1C(=O)C(C)Br. The van der Waals surface area contributed by atoms with E-state index in [1.807, 2.05) is 6.07 Å². The number of ether oxygens (including phenoxy) is 1. The lowest BCUT2D eigenvalue weighted by molar-refractivity contribution is 0.0523. The van der Waals surface area contributed by atoms with Crippen LogP contribution in [0.25, 0.3) is 0 Å². The lowest BCUT2D eigenvalue weighted by Gasteiger charge is -2.09. The molecule has 94 valence electrons. The van der Waals surface area contributed by atoms with E-state index in [1.165, 1.54) is 18.2 Å². The second-order valence-electron chi connectivity index (χ2n) is 3.57. The quantitative estimate of drug-likeness (QED) is 0.487. The molecule has 0 aromatic heterocycles. The van der Waals surface area contributed by atoms with Crippen LogP contribution < -0.4 is 0 Å². The normalized spacial score (nSPS) is 11.4. The number of rotatable bonds is 4. The number of hydrogen-bond donors (Lipinski definition) is 0. The Kier molecular flexibility index (Phi) is 5.05. The van der Waals surface area contributed by atoms with Crippen LogP contribution in [0.4, 0.5) is 0 Å². The van der Waals surface area contributed by atoms with Crippen molar-refractivity contribution in [3.05, 3.63) is 34.9 Å². The lowest BCUT2D eigenvalue weighted by Crippen LogP contribution is -2.17. The van der Waals surface area contributed by atoms with Crippen LogP contribution in [0.15, 0.2) is 18.2 Å². The molecule has 18 heavy (non-hydrogen) atoms. The minimum absolute atomic E-state index is 0.132. The molecular weight excluding hydrogens is 298 g/mol. The van der Waals surface area contributed by atoms with Crippen LogP contribution in [0.2, 0.25) is 0 Å². The van der Waals surface area contributed by atoms with E-state index in [1.54, 1.807) is 13.8 Å². The highest BCUT2D eigenvalue weighted by Gasteiger charge is 2.21. The summed E-state index contributed by atoms with van der Waals surface area (Å²) >= 11 is 3.17. The molecule has 1 unspecified atom stereocenters. The Morgan fingerprint density at radius 3 is 2.61 bits per heavy atom. The van der Waals surface area contributed by atoms with E-state index in [4.69, 9.17) is 10.00 Å². The zero-order valence-electron chi connectivity index (χ0n) is 10.1. The maximum atomic E-state index is 11.9. The lowest BCUT2D eigenvalue weighted by atomic mass is 9.99. The van der Waals surface area contributed by atoms with Gasteiger partial charge in [-0.3, -0.25) is 4.79 Å². The van der Waals surface area contributed by atoms with Crippen molar-refractivity contribution in [2.45, 2.75) is 18.7 Å². The van der Waals surface area contributed by atoms with Crippen molar-refractivity contribution in [2.24, 2.45) is 0 Å². The van der Waals surface area contributed by atoms with Crippen molar-refractivity contribution in [1.82, 2.24) is 0 Å². The molecule has 1 aromatic carbocycles. The summed E-state index contributed by atoms with van der Waals surface area (Å²) in [7, 11) is 0. The number of ketones is 1. The molecule has 0 radical (unpaired) electrons. The first-order chi connectivity index (χ1) is 8.51. The van der Waals surface area contributed by atoms with E-state index in [9.17, 15) is 9.59 Å². The fourth-order valence-electron chi connectivity index (χ4n) is 1.42. The Labute approximate surface area is 114 Å². The second-order valence-corrected chi connectivity index (χ2v) is 4.95. The van der Waals surface area contributed by atoms with Gasteiger partial charge >= 0.3 is 5.97 Å². The van der Waals surface area contributed by atoms with Gasteiger partial charge in [0, 0.05) is 5.56 Å². The molecule has 1 rings (SSSR count). The molecule has 0 N–H and O–H groups in total. The molecule has 0 heterocycles. The van der Waals surface area contributed by atoms with Gasteiger partial charge in [0.05, 0.1) is 28.6 Å². The molecular formula is C13H12BrNO3. The van der Waals surface area contributed by atoms with Gasteiger partial charge in [0.2, 0.25) is 0 Å². The van der Waals surface area contributed by atoms with E-state index in [0.29, 0.717) is 5.56 Å². The maximum Gasteiger partial charge on any atom is 0.338 e. The smallest absolute Gasteiger partial charge is 0.338 e. The highest BCUT2D eigenvalue weighted by Crippen LogP contribution is 2.18. The van der Waals surface area contributed by atoms with E-state index >= 15 is 0 Å². The van der Waals surface area contributed by atoms with Gasteiger partial charge in [0.15, 0.2) is 5.78 Å². The van der Waals surface area contributed by atoms with E-state index in [-0.39, 0.29) is 23.5 Å². The number of nitrogens with zero attached hydrogens (tertiary/aromatic N) is 1. The number of carbonyl (C=O) groups excluding carboxylic acids is 2. The predicted molar refractivity (Wildman–Crippen MR) is 69.8 cm³/mol. The molecule has 0 aliphatic heterocycles. The fraction of sp³-hybridized carbons (Fsp3) is 0.308.